The molecule has 1 unspecified atom stereocenters. The summed E-state index contributed by atoms with van der Waals surface area (Å²) in [6.07, 6.45) is 11.2. The molecule has 0 aromatic rings. The van der Waals surface area contributed by atoms with Crippen LogP contribution in [0.5, 0.6) is 0 Å². The fraction of sp³-hybridized carbons (Fsp3) is 0.941. The van der Waals surface area contributed by atoms with Crippen molar-refractivity contribution in [1.82, 2.24) is 10.2 Å². The lowest BCUT2D eigenvalue weighted by molar-refractivity contribution is -0.144. The molecule has 2 N–H and O–H groups in total. The van der Waals surface area contributed by atoms with E-state index in [9.17, 15) is 9.90 Å². The molecule has 2 aliphatic rings. The number of carboxylic acids is 1. The van der Waals surface area contributed by atoms with Gasteiger partial charge in [-0.3, -0.25) is 4.79 Å². The number of nitrogens with zero attached hydrogens (tertiary/aromatic N) is 1. The first-order valence-electron chi connectivity index (χ1n) is 8.73. The molecule has 0 aromatic carbocycles. The molecule has 1 aliphatic heterocycles. The van der Waals surface area contributed by atoms with E-state index in [1.807, 2.05) is 0 Å². The third-order valence-electron chi connectivity index (χ3n) is 5.75. The van der Waals surface area contributed by atoms with Crippen LogP contribution in [0.1, 0.15) is 64.7 Å². The Labute approximate surface area is 129 Å². The first-order valence-corrected chi connectivity index (χ1v) is 8.73. The van der Waals surface area contributed by atoms with Crippen LogP contribution < -0.4 is 5.32 Å². The Morgan fingerprint density at radius 1 is 1.24 bits per heavy atom. The van der Waals surface area contributed by atoms with Crippen molar-refractivity contribution in [2.45, 2.75) is 76.3 Å². The fourth-order valence-electron chi connectivity index (χ4n) is 4.14. The molecule has 1 aliphatic carbocycles. The van der Waals surface area contributed by atoms with Crippen LogP contribution in [0.4, 0.5) is 0 Å². The van der Waals surface area contributed by atoms with Gasteiger partial charge in [-0.15, -0.1) is 0 Å². The number of hydrogen-bond donors (Lipinski definition) is 2. The first kappa shape index (κ1) is 16.8. The SMILES string of the molecule is CNC(C)(CCCCN1CCC[C@H]2CCCC[C@H]21)C(=O)O. The fourth-order valence-corrected chi connectivity index (χ4v) is 4.14. The highest BCUT2D eigenvalue weighted by Gasteiger charge is 2.33. The minimum absolute atomic E-state index is 0.709. The summed E-state index contributed by atoms with van der Waals surface area (Å²) in [7, 11) is 1.74. The zero-order valence-electron chi connectivity index (χ0n) is 13.7. The van der Waals surface area contributed by atoms with Crippen LogP contribution in [0.15, 0.2) is 0 Å². The number of aliphatic carboxylic acids is 1. The van der Waals surface area contributed by atoms with Gasteiger partial charge in [0.2, 0.25) is 0 Å². The van der Waals surface area contributed by atoms with Gasteiger partial charge in [-0.25, -0.2) is 0 Å². The predicted octanol–water partition coefficient (Wildman–Crippen LogP) is 2.87. The van der Waals surface area contributed by atoms with Gasteiger partial charge >= 0.3 is 5.97 Å². The Morgan fingerprint density at radius 3 is 2.67 bits per heavy atom. The van der Waals surface area contributed by atoms with Crippen molar-refractivity contribution in [2.24, 2.45) is 5.92 Å². The minimum atomic E-state index is -0.769. The van der Waals surface area contributed by atoms with Crippen LogP contribution in [-0.4, -0.2) is 47.7 Å². The lowest BCUT2D eigenvalue weighted by Crippen LogP contribution is -2.48. The number of piperidine rings is 1. The summed E-state index contributed by atoms with van der Waals surface area (Å²) in [5.41, 5.74) is -0.769. The van der Waals surface area contributed by atoms with Crippen molar-refractivity contribution >= 4 is 5.97 Å². The molecule has 1 heterocycles. The summed E-state index contributed by atoms with van der Waals surface area (Å²) in [6, 6.07) is 0.822. The van der Waals surface area contributed by atoms with Crippen molar-refractivity contribution in [1.29, 1.82) is 0 Å². The van der Waals surface area contributed by atoms with Crippen LogP contribution in [-0.2, 0) is 4.79 Å². The molecular formula is C17H32N2O2. The number of hydrogen-bond acceptors (Lipinski definition) is 3. The van der Waals surface area contributed by atoms with Crippen molar-refractivity contribution in [3.8, 4) is 0 Å². The van der Waals surface area contributed by atoms with Gasteiger partial charge in [0.15, 0.2) is 0 Å². The molecule has 1 saturated carbocycles. The van der Waals surface area contributed by atoms with E-state index in [1.54, 1.807) is 14.0 Å². The number of likely N-dealkylation sites (tertiary alicyclic amines) is 1. The van der Waals surface area contributed by atoms with E-state index < -0.39 is 11.5 Å². The summed E-state index contributed by atoms with van der Waals surface area (Å²) in [4.78, 5) is 14.0. The van der Waals surface area contributed by atoms with Crippen molar-refractivity contribution in [2.75, 3.05) is 20.1 Å². The smallest absolute Gasteiger partial charge is 0.323 e. The lowest BCUT2D eigenvalue weighted by Gasteiger charge is -2.44. The zero-order chi connectivity index (χ0) is 15.3. The van der Waals surface area contributed by atoms with Gasteiger partial charge in [-0.2, -0.15) is 0 Å². The number of likely N-dealkylation sites (N-methyl/N-ethyl adjacent to an activating group) is 1. The number of fused-ring (bicyclic) bond motifs is 1. The topological polar surface area (TPSA) is 52.6 Å². The van der Waals surface area contributed by atoms with Gasteiger partial charge in [0.1, 0.15) is 5.54 Å². The summed E-state index contributed by atoms with van der Waals surface area (Å²) in [6.45, 7) is 4.19. The Bertz CT molecular complexity index is 346. The standard InChI is InChI=1S/C17H32N2O2/c1-17(18-2,16(20)21)11-5-6-12-19-13-7-9-14-8-3-4-10-15(14)19/h14-15,18H,3-13H2,1-2H3,(H,20,21)/t14-,15-,17?/m1/s1. The molecule has 0 radical (unpaired) electrons. The molecule has 0 amide bonds. The van der Waals surface area contributed by atoms with Gasteiger partial charge in [0.05, 0.1) is 0 Å². The maximum atomic E-state index is 11.3. The highest BCUT2D eigenvalue weighted by Crippen LogP contribution is 2.35. The monoisotopic (exact) mass is 296 g/mol. The molecule has 2 rings (SSSR count). The Morgan fingerprint density at radius 2 is 1.95 bits per heavy atom. The van der Waals surface area contributed by atoms with Crippen LogP contribution in [0.25, 0.3) is 0 Å². The predicted molar refractivity (Wildman–Crippen MR) is 85.5 cm³/mol. The van der Waals surface area contributed by atoms with E-state index in [-0.39, 0.29) is 0 Å². The lowest BCUT2D eigenvalue weighted by atomic mass is 9.78. The Kier molecular flexibility index (Phi) is 6.06. The molecule has 2 fully saturated rings. The maximum Gasteiger partial charge on any atom is 0.323 e. The first-order chi connectivity index (χ1) is 10.1. The third kappa shape index (κ3) is 4.19. The Hall–Kier alpha value is -0.610. The third-order valence-corrected chi connectivity index (χ3v) is 5.75. The Balaban J connectivity index is 1.74. The van der Waals surface area contributed by atoms with Crippen LogP contribution in [0.2, 0.25) is 0 Å². The molecule has 122 valence electrons. The highest BCUT2D eigenvalue weighted by molar-refractivity contribution is 5.78. The van der Waals surface area contributed by atoms with E-state index in [1.165, 1.54) is 45.1 Å². The van der Waals surface area contributed by atoms with E-state index in [4.69, 9.17) is 0 Å². The number of carbonyl (C=O) groups is 1. The number of nitrogens with one attached hydrogen (secondary N) is 1. The van der Waals surface area contributed by atoms with Crippen LogP contribution >= 0.6 is 0 Å². The van der Waals surface area contributed by atoms with Gasteiger partial charge in [0.25, 0.3) is 0 Å². The quantitative estimate of drug-likeness (QED) is 0.709. The molecule has 0 spiro atoms. The molecule has 4 nitrogen and oxygen atoms in total. The maximum absolute atomic E-state index is 11.3. The van der Waals surface area contributed by atoms with Gasteiger partial charge in [0, 0.05) is 6.04 Å². The molecule has 3 atom stereocenters. The molecular weight excluding hydrogens is 264 g/mol. The average Bonchev–Trinajstić information content (AvgIpc) is 2.51. The second-order valence-corrected chi connectivity index (χ2v) is 7.13. The second-order valence-electron chi connectivity index (χ2n) is 7.13. The molecule has 21 heavy (non-hydrogen) atoms. The molecule has 0 bridgehead atoms. The minimum Gasteiger partial charge on any atom is -0.480 e. The van der Waals surface area contributed by atoms with Crippen LogP contribution in [0.3, 0.4) is 0 Å². The van der Waals surface area contributed by atoms with Gasteiger partial charge in [-0.1, -0.05) is 12.8 Å². The number of carboxylic acid groups (broad SMARTS) is 1. The van der Waals surface area contributed by atoms with Gasteiger partial charge in [-0.05, 0) is 77.9 Å². The second kappa shape index (κ2) is 7.59. The van der Waals surface area contributed by atoms with Crippen molar-refractivity contribution in [3.63, 3.8) is 0 Å². The molecule has 0 aromatic heterocycles. The zero-order valence-corrected chi connectivity index (χ0v) is 13.7. The summed E-state index contributed by atoms with van der Waals surface area (Å²) >= 11 is 0. The van der Waals surface area contributed by atoms with E-state index in [0.29, 0.717) is 6.42 Å². The number of unbranched alkanes of at least 4 members (excludes halogenated alkanes) is 1. The molecule has 4 heteroatoms. The van der Waals surface area contributed by atoms with E-state index in [2.05, 4.69) is 10.2 Å². The van der Waals surface area contributed by atoms with E-state index in [0.717, 1.165) is 31.3 Å². The average molecular weight is 296 g/mol. The van der Waals surface area contributed by atoms with Crippen molar-refractivity contribution in [3.05, 3.63) is 0 Å². The highest BCUT2D eigenvalue weighted by atomic mass is 16.4. The summed E-state index contributed by atoms with van der Waals surface area (Å²) in [5, 5.41) is 12.2. The van der Waals surface area contributed by atoms with Crippen molar-refractivity contribution < 1.29 is 9.90 Å². The summed E-state index contributed by atoms with van der Waals surface area (Å²) < 4.78 is 0. The number of rotatable bonds is 7. The normalized spacial score (nSPS) is 29.6. The van der Waals surface area contributed by atoms with Crippen LogP contribution in [0, 0.1) is 5.92 Å². The van der Waals surface area contributed by atoms with Gasteiger partial charge < -0.3 is 15.3 Å². The largest absolute Gasteiger partial charge is 0.480 e. The summed E-state index contributed by atoms with van der Waals surface area (Å²) in [5.74, 6) is 0.199. The molecule has 1 saturated heterocycles. The van der Waals surface area contributed by atoms with E-state index >= 15 is 0 Å².